The number of guanidine groups is 1. The zero-order valence-corrected chi connectivity index (χ0v) is 19.9. The van der Waals surface area contributed by atoms with Crippen LogP contribution in [0, 0.1) is 5.92 Å². The van der Waals surface area contributed by atoms with Gasteiger partial charge in [0.15, 0.2) is 5.96 Å². The topological polar surface area (TPSA) is 74.6 Å². The summed E-state index contributed by atoms with van der Waals surface area (Å²) in [5.74, 6) is 1.36. The van der Waals surface area contributed by atoms with E-state index in [1.807, 2.05) is 11.7 Å². The quantitative estimate of drug-likeness (QED) is 0.477. The number of likely N-dealkylation sites (tertiary alicyclic amines) is 1. The van der Waals surface area contributed by atoms with Crippen LogP contribution in [0.3, 0.4) is 0 Å². The van der Waals surface area contributed by atoms with Gasteiger partial charge in [-0.15, -0.1) is 0 Å². The molecule has 30 heavy (non-hydrogen) atoms. The van der Waals surface area contributed by atoms with E-state index in [0.717, 1.165) is 69.8 Å². The SMILES string of the molecule is CCNC(=NCc1c(CC)nn(C)c1CC)NC1CCN(C(=O)C(CC)CC)CC1. The third-order valence-corrected chi connectivity index (χ3v) is 6.25. The number of hydrogen-bond acceptors (Lipinski definition) is 3. The predicted octanol–water partition coefficient (Wildman–Crippen LogP) is 3.03. The molecule has 1 aliphatic rings. The minimum atomic E-state index is 0.174. The number of amides is 1. The Kier molecular flexibility index (Phi) is 9.66. The number of nitrogens with zero attached hydrogens (tertiary/aromatic N) is 4. The molecule has 0 spiro atoms. The van der Waals surface area contributed by atoms with Crippen molar-refractivity contribution in [1.29, 1.82) is 0 Å². The van der Waals surface area contributed by atoms with Gasteiger partial charge in [0.2, 0.25) is 5.91 Å². The number of rotatable bonds is 9. The lowest BCUT2D eigenvalue weighted by Gasteiger charge is -2.34. The van der Waals surface area contributed by atoms with Crippen LogP contribution in [0.2, 0.25) is 0 Å². The highest BCUT2D eigenvalue weighted by atomic mass is 16.2. The van der Waals surface area contributed by atoms with Crippen LogP contribution >= 0.6 is 0 Å². The number of carbonyl (C=O) groups is 1. The summed E-state index contributed by atoms with van der Waals surface area (Å²) in [5.41, 5.74) is 3.66. The maximum atomic E-state index is 12.6. The van der Waals surface area contributed by atoms with Gasteiger partial charge < -0.3 is 15.5 Å². The van der Waals surface area contributed by atoms with E-state index in [0.29, 0.717) is 18.5 Å². The van der Waals surface area contributed by atoms with E-state index in [-0.39, 0.29) is 5.92 Å². The van der Waals surface area contributed by atoms with Crippen molar-refractivity contribution in [2.24, 2.45) is 18.0 Å². The standard InChI is InChI=1S/C23H42N6O/c1-7-17(8-2)22(30)29-14-12-18(13-15-29)26-23(24-11-5)25-16-19-20(9-3)27-28(6)21(19)10-4/h17-18H,7-16H2,1-6H3,(H2,24,25,26). The Hall–Kier alpha value is -2.05. The van der Waals surface area contributed by atoms with Gasteiger partial charge in [-0.2, -0.15) is 5.10 Å². The highest BCUT2D eigenvalue weighted by Gasteiger charge is 2.26. The molecule has 170 valence electrons. The van der Waals surface area contributed by atoms with Crippen LogP contribution in [0.1, 0.15) is 77.3 Å². The highest BCUT2D eigenvalue weighted by molar-refractivity contribution is 5.80. The van der Waals surface area contributed by atoms with Crippen LogP contribution in [0.5, 0.6) is 0 Å². The van der Waals surface area contributed by atoms with Gasteiger partial charge in [-0.1, -0.05) is 27.7 Å². The van der Waals surface area contributed by atoms with E-state index in [9.17, 15) is 4.79 Å². The summed E-state index contributed by atoms with van der Waals surface area (Å²) < 4.78 is 2.00. The summed E-state index contributed by atoms with van der Waals surface area (Å²) in [6.45, 7) is 13.7. The van der Waals surface area contributed by atoms with Crippen LogP contribution in [-0.4, -0.2) is 52.2 Å². The molecule has 1 amide bonds. The molecule has 2 heterocycles. The molecule has 0 radical (unpaired) electrons. The number of aromatic nitrogens is 2. The fraction of sp³-hybridized carbons (Fsp3) is 0.783. The van der Waals surface area contributed by atoms with Gasteiger partial charge in [0.05, 0.1) is 12.2 Å². The molecule has 0 atom stereocenters. The smallest absolute Gasteiger partial charge is 0.225 e. The summed E-state index contributed by atoms with van der Waals surface area (Å²) >= 11 is 0. The molecule has 0 bridgehead atoms. The average molecular weight is 419 g/mol. The molecule has 2 rings (SSSR count). The zero-order chi connectivity index (χ0) is 22.1. The molecule has 2 N–H and O–H groups in total. The fourth-order valence-electron chi connectivity index (χ4n) is 4.38. The van der Waals surface area contributed by atoms with Gasteiger partial charge in [0, 0.05) is 49.9 Å². The Balaban J connectivity index is 1.99. The number of piperidine rings is 1. The first-order valence-corrected chi connectivity index (χ1v) is 11.9. The summed E-state index contributed by atoms with van der Waals surface area (Å²) in [6.07, 6.45) is 5.66. The van der Waals surface area contributed by atoms with Crippen molar-refractivity contribution in [3.63, 3.8) is 0 Å². The number of nitrogens with one attached hydrogen (secondary N) is 2. The second-order valence-electron chi connectivity index (χ2n) is 8.16. The first kappa shape index (κ1) is 24.2. The van der Waals surface area contributed by atoms with Crippen LogP contribution in [-0.2, 0) is 31.2 Å². The van der Waals surface area contributed by atoms with Crippen molar-refractivity contribution in [3.8, 4) is 0 Å². The summed E-state index contributed by atoms with van der Waals surface area (Å²) in [5, 5.41) is 11.6. The van der Waals surface area contributed by atoms with Crippen molar-refractivity contribution in [2.45, 2.75) is 85.7 Å². The number of carbonyl (C=O) groups excluding carboxylic acids is 1. The maximum absolute atomic E-state index is 12.6. The number of aliphatic imine (C=N–C) groups is 1. The largest absolute Gasteiger partial charge is 0.357 e. The molecule has 1 saturated heterocycles. The van der Waals surface area contributed by atoms with E-state index in [4.69, 9.17) is 4.99 Å². The van der Waals surface area contributed by atoms with Gasteiger partial charge in [-0.05, 0) is 45.4 Å². The molecule has 1 aromatic rings. The molecule has 7 heteroatoms. The lowest BCUT2D eigenvalue weighted by molar-refractivity contribution is -0.136. The molecular formula is C23H42N6O. The molecule has 0 saturated carbocycles. The third-order valence-electron chi connectivity index (χ3n) is 6.25. The van der Waals surface area contributed by atoms with Gasteiger partial charge in [-0.3, -0.25) is 9.48 Å². The average Bonchev–Trinajstić information content (AvgIpc) is 3.07. The molecule has 0 unspecified atom stereocenters. The van der Waals surface area contributed by atoms with Crippen molar-refractivity contribution < 1.29 is 4.79 Å². The minimum absolute atomic E-state index is 0.174. The van der Waals surface area contributed by atoms with Gasteiger partial charge in [0.1, 0.15) is 0 Å². The van der Waals surface area contributed by atoms with E-state index in [1.54, 1.807) is 0 Å². The third kappa shape index (κ3) is 5.99. The molecule has 0 aliphatic carbocycles. The second-order valence-corrected chi connectivity index (χ2v) is 8.16. The van der Waals surface area contributed by atoms with Crippen LogP contribution in [0.4, 0.5) is 0 Å². The van der Waals surface area contributed by atoms with E-state index in [1.165, 1.54) is 11.3 Å². The van der Waals surface area contributed by atoms with E-state index >= 15 is 0 Å². The Morgan fingerprint density at radius 2 is 1.80 bits per heavy atom. The van der Waals surface area contributed by atoms with E-state index < -0.39 is 0 Å². The summed E-state index contributed by atoms with van der Waals surface area (Å²) in [4.78, 5) is 19.6. The first-order valence-electron chi connectivity index (χ1n) is 11.9. The molecule has 1 fully saturated rings. The highest BCUT2D eigenvalue weighted by Crippen LogP contribution is 2.18. The van der Waals surface area contributed by atoms with E-state index in [2.05, 4.69) is 55.3 Å². The predicted molar refractivity (Wildman–Crippen MR) is 124 cm³/mol. The Morgan fingerprint density at radius 3 is 2.33 bits per heavy atom. The number of hydrogen-bond donors (Lipinski definition) is 2. The van der Waals surface area contributed by atoms with Crippen molar-refractivity contribution >= 4 is 11.9 Å². The van der Waals surface area contributed by atoms with Gasteiger partial charge in [0.25, 0.3) is 0 Å². The number of aryl methyl sites for hydroxylation is 2. The Morgan fingerprint density at radius 1 is 1.13 bits per heavy atom. The summed E-state index contributed by atoms with van der Waals surface area (Å²) in [6, 6.07) is 0.346. The fourth-order valence-corrected chi connectivity index (χ4v) is 4.38. The maximum Gasteiger partial charge on any atom is 0.225 e. The first-order chi connectivity index (χ1) is 14.5. The van der Waals surface area contributed by atoms with Gasteiger partial charge in [-0.25, -0.2) is 4.99 Å². The molecule has 1 aromatic heterocycles. The molecule has 0 aromatic carbocycles. The Bertz CT molecular complexity index is 699. The van der Waals surface area contributed by atoms with Crippen LogP contribution in [0.15, 0.2) is 4.99 Å². The summed E-state index contributed by atoms with van der Waals surface area (Å²) in [7, 11) is 2.02. The zero-order valence-electron chi connectivity index (χ0n) is 19.9. The lowest BCUT2D eigenvalue weighted by atomic mass is 9.98. The molecule has 1 aliphatic heterocycles. The molecular weight excluding hydrogens is 376 g/mol. The van der Waals surface area contributed by atoms with Crippen molar-refractivity contribution in [2.75, 3.05) is 19.6 Å². The van der Waals surface area contributed by atoms with Gasteiger partial charge >= 0.3 is 0 Å². The monoisotopic (exact) mass is 418 g/mol. The van der Waals surface area contributed by atoms with Crippen LogP contribution in [0.25, 0.3) is 0 Å². The normalized spacial score (nSPS) is 15.7. The van der Waals surface area contributed by atoms with Crippen molar-refractivity contribution in [1.82, 2.24) is 25.3 Å². The lowest BCUT2D eigenvalue weighted by Crippen LogP contribution is -2.50. The minimum Gasteiger partial charge on any atom is -0.357 e. The Labute approximate surface area is 182 Å². The second kappa shape index (κ2) is 12.0. The molecule has 7 nitrogen and oxygen atoms in total. The van der Waals surface area contributed by atoms with Crippen molar-refractivity contribution in [3.05, 3.63) is 17.0 Å². The van der Waals surface area contributed by atoms with Crippen LogP contribution < -0.4 is 10.6 Å².